The zero-order valence-corrected chi connectivity index (χ0v) is 11.9. The van der Waals surface area contributed by atoms with Crippen molar-refractivity contribution in [2.75, 3.05) is 13.2 Å². The van der Waals surface area contributed by atoms with Crippen LogP contribution in [0.15, 0.2) is 29.2 Å². The average molecular weight is 282 g/mol. The topological polar surface area (TPSA) is 79.2 Å². The lowest BCUT2D eigenvalue weighted by Crippen LogP contribution is -2.35. The molecule has 0 heterocycles. The maximum atomic E-state index is 12.0. The lowest BCUT2D eigenvalue weighted by atomic mass is 10.2. The van der Waals surface area contributed by atoms with E-state index < -0.39 is 10.0 Å². The van der Waals surface area contributed by atoms with Gasteiger partial charge in [0.25, 0.3) is 0 Å². The smallest absolute Gasteiger partial charge is 0.240 e. The Morgan fingerprint density at radius 1 is 1.37 bits per heavy atom. The van der Waals surface area contributed by atoms with E-state index >= 15 is 0 Å². The fraction of sp³-hybridized carbons (Fsp3) is 0.462. The Morgan fingerprint density at radius 3 is 2.53 bits per heavy atom. The maximum Gasteiger partial charge on any atom is 0.240 e. The lowest BCUT2D eigenvalue weighted by Gasteiger charge is -2.14. The molecular formula is C13H18N2O3S. The molecule has 1 atom stereocenters. The predicted octanol–water partition coefficient (Wildman–Crippen LogP) is 1.46. The van der Waals surface area contributed by atoms with Crippen molar-refractivity contribution >= 4 is 10.0 Å². The number of benzene rings is 1. The van der Waals surface area contributed by atoms with E-state index in [0.29, 0.717) is 13.2 Å². The van der Waals surface area contributed by atoms with Gasteiger partial charge >= 0.3 is 0 Å². The van der Waals surface area contributed by atoms with E-state index in [0.717, 1.165) is 5.56 Å². The van der Waals surface area contributed by atoms with Crippen molar-refractivity contribution in [1.29, 1.82) is 5.26 Å². The van der Waals surface area contributed by atoms with Gasteiger partial charge in [-0.1, -0.05) is 12.1 Å². The normalized spacial score (nSPS) is 12.9. The number of ether oxygens (including phenoxy) is 1. The van der Waals surface area contributed by atoms with Crippen molar-refractivity contribution in [2.24, 2.45) is 0 Å². The molecule has 0 fully saturated rings. The summed E-state index contributed by atoms with van der Waals surface area (Å²) in [6.07, 6.45) is 0.272. The molecule has 5 nitrogen and oxygen atoms in total. The van der Waals surface area contributed by atoms with Crippen LogP contribution in [0.5, 0.6) is 0 Å². The largest absolute Gasteiger partial charge is 0.380 e. The molecule has 0 aliphatic rings. The van der Waals surface area contributed by atoms with Crippen LogP contribution in [-0.2, 0) is 21.2 Å². The van der Waals surface area contributed by atoms with Gasteiger partial charge in [0, 0.05) is 12.6 Å². The van der Waals surface area contributed by atoms with Crippen molar-refractivity contribution in [3.8, 4) is 6.07 Å². The van der Waals surface area contributed by atoms with Gasteiger partial charge in [-0.25, -0.2) is 13.1 Å². The molecule has 0 saturated heterocycles. The van der Waals surface area contributed by atoms with Crippen LogP contribution >= 0.6 is 0 Å². The Bertz CT molecular complexity index is 532. The minimum atomic E-state index is -3.53. The second-order valence-electron chi connectivity index (χ2n) is 4.16. The highest BCUT2D eigenvalue weighted by atomic mass is 32.2. The van der Waals surface area contributed by atoms with Crippen molar-refractivity contribution in [1.82, 2.24) is 4.72 Å². The van der Waals surface area contributed by atoms with Crippen LogP contribution < -0.4 is 4.72 Å². The van der Waals surface area contributed by atoms with Gasteiger partial charge in [0.05, 0.1) is 24.0 Å². The first-order chi connectivity index (χ1) is 8.99. The van der Waals surface area contributed by atoms with Gasteiger partial charge < -0.3 is 4.74 Å². The monoisotopic (exact) mass is 282 g/mol. The molecule has 0 bridgehead atoms. The Morgan fingerprint density at radius 2 is 2.00 bits per heavy atom. The predicted molar refractivity (Wildman–Crippen MR) is 72.0 cm³/mol. The number of hydrogen-bond acceptors (Lipinski definition) is 4. The number of rotatable bonds is 7. The van der Waals surface area contributed by atoms with Gasteiger partial charge in [-0.15, -0.1) is 0 Å². The number of hydrogen-bond donors (Lipinski definition) is 1. The number of sulfonamides is 1. The molecule has 1 unspecified atom stereocenters. The second kappa shape index (κ2) is 7.24. The van der Waals surface area contributed by atoms with Gasteiger partial charge in [-0.2, -0.15) is 5.26 Å². The van der Waals surface area contributed by atoms with Crippen molar-refractivity contribution in [3.63, 3.8) is 0 Å². The SMILES string of the molecule is CCOCC(C)NS(=O)(=O)c1ccc(CC#N)cc1. The summed E-state index contributed by atoms with van der Waals surface area (Å²) in [6, 6.07) is 8.02. The number of nitriles is 1. The summed E-state index contributed by atoms with van der Waals surface area (Å²) >= 11 is 0. The number of nitrogens with one attached hydrogen (secondary N) is 1. The summed E-state index contributed by atoms with van der Waals surface area (Å²) in [7, 11) is -3.53. The van der Waals surface area contributed by atoms with Crippen LogP contribution in [0.3, 0.4) is 0 Å². The second-order valence-corrected chi connectivity index (χ2v) is 5.87. The maximum absolute atomic E-state index is 12.0. The summed E-state index contributed by atoms with van der Waals surface area (Å²) in [6.45, 7) is 4.49. The molecular weight excluding hydrogens is 264 g/mol. The van der Waals surface area contributed by atoms with E-state index in [1.165, 1.54) is 12.1 Å². The summed E-state index contributed by atoms with van der Waals surface area (Å²) in [5.74, 6) is 0. The fourth-order valence-electron chi connectivity index (χ4n) is 1.54. The number of nitrogens with zero attached hydrogens (tertiary/aromatic N) is 1. The molecule has 0 aromatic heterocycles. The molecule has 0 aliphatic heterocycles. The van der Waals surface area contributed by atoms with Crippen molar-refractivity contribution in [2.45, 2.75) is 31.2 Å². The molecule has 1 aromatic rings. The van der Waals surface area contributed by atoms with E-state index in [4.69, 9.17) is 10.00 Å². The molecule has 0 aliphatic carbocycles. The quantitative estimate of drug-likeness (QED) is 0.821. The van der Waals surface area contributed by atoms with E-state index in [1.54, 1.807) is 19.1 Å². The standard InChI is InChI=1S/C13H18N2O3S/c1-3-18-10-11(2)15-19(16,17)13-6-4-12(5-7-13)8-9-14/h4-7,11,15H,3,8,10H2,1-2H3. The molecule has 19 heavy (non-hydrogen) atoms. The van der Waals surface area contributed by atoms with Crippen LogP contribution in [0.1, 0.15) is 19.4 Å². The first-order valence-electron chi connectivity index (χ1n) is 6.05. The van der Waals surface area contributed by atoms with Crippen LogP contribution in [0.25, 0.3) is 0 Å². The van der Waals surface area contributed by atoms with E-state index in [9.17, 15) is 8.42 Å². The third kappa shape index (κ3) is 4.99. The molecule has 1 N–H and O–H groups in total. The van der Waals surface area contributed by atoms with E-state index in [2.05, 4.69) is 4.72 Å². The minimum absolute atomic E-state index is 0.192. The Hall–Kier alpha value is -1.42. The molecule has 0 saturated carbocycles. The molecule has 0 amide bonds. The zero-order valence-electron chi connectivity index (χ0n) is 11.1. The first kappa shape index (κ1) is 15.6. The third-order valence-electron chi connectivity index (χ3n) is 2.45. The molecule has 6 heteroatoms. The lowest BCUT2D eigenvalue weighted by molar-refractivity contribution is 0.133. The first-order valence-corrected chi connectivity index (χ1v) is 7.54. The van der Waals surface area contributed by atoms with Gasteiger partial charge in [0.2, 0.25) is 10.0 Å². The third-order valence-corrected chi connectivity index (χ3v) is 4.05. The molecule has 104 valence electrons. The highest BCUT2D eigenvalue weighted by molar-refractivity contribution is 7.89. The van der Waals surface area contributed by atoms with E-state index in [-0.39, 0.29) is 17.4 Å². The fourth-order valence-corrected chi connectivity index (χ4v) is 2.77. The van der Waals surface area contributed by atoms with Crippen LogP contribution in [-0.4, -0.2) is 27.7 Å². The van der Waals surface area contributed by atoms with Crippen molar-refractivity contribution in [3.05, 3.63) is 29.8 Å². The van der Waals surface area contributed by atoms with Gasteiger partial charge in [-0.3, -0.25) is 0 Å². The minimum Gasteiger partial charge on any atom is -0.380 e. The van der Waals surface area contributed by atoms with Gasteiger partial charge in [0.1, 0.15) is 0 Å². The molecule has 1 aromatic carbocycles. The zero-order chi connectivity index (χ0) is 14.3. The van der Waals surface area contributed by atoms with Crippen LogP contribution in [0.2, 0.25) is 0 Å². The summed E-state index contributed by atoms with van der Waals surface area (Å²) in [4.78, 5) is 0.192. The van der Waals surface area contributed by atoms with Crippen molar-refractivity contribution < 1.29 is 13.2 Å². The summed E-state index contributed by atoms with van der Waals surface area (Å²) in [5.41, 5.74) is 0.795. The Kier molecular flexibility index (Phi) is 5.96. The van der Waals surface area contributed by atoms with Crippen LogP contribution in [0, 0.1) is 11.3 Å². The Balaban J connectivity index is 2.74. The van der Waals surface area contributed by atoms with Gasteiger partial charge in [-0.05, 0) is 31.5 Å². The molecule has 0 radical (unpaired) electrons. The molecule has 0 spiro atoms. The Labute approximate surface area is 114 Å². The summed E-state index contributed by atoms with van der Waals surface area (Å²) < 4.78 is 31.8. The average Bonchev–Trinajstić information content (AvgIpc) is 2.37. The summed E-state index contributed by atoms with van der Waals surface area (Å²) in [5, 5.41) is 8.56. The van der Waals surface area contributed by atoms with Gasteiger partial charge in [0.15, 0.2) is 0 Å². The highest BCUT2D eigenvalue weighted by Crippen LogP contribution is 2.11. The highest BCUT2D eigenvalue weighted by Gasteiger charge is 2.17. The van der Waals surface area contributed by atoms with E-state index in [1.807, 2.05) is 13.0 Å². The van der Waals surface area contributed by atoms with Crippen LogP contribution in [0.4, 0.5) is 0 Å². The molecule has 1 rings (SSSR count).